The van der Waals surface area contributed by atoms with E-state index in [0.29, 0.717) is 19.4 Å². The lowest BCUT2D eigenvalue weighted by Crippen LogP contribution is -2.56. The smallest absolute Gasteiger partial charge is 0.243 e. The van der Waals surface area contributed by atoms with E-state index in [0.717, 1.165) is 12.8 Å². The topological polar surface area (TPSA) is 89.4 Å². The number of carbonyl (C=O) groups excluding carboxylic acids is 2. The molecule has 0 aliphatic rings. The van der Waals surface area contributed by atoms with Crippen LogP contribution < -0.4 is 11.5 Å². The summed E-state index contributed by atoms with van der Waals surface area (Å²) in [6, 6.07) is 0. The molecule has 0 saturated carbocycles. The maximum atomic E-state index is 12.3. The standard InChI is InChI=1S/C12H25N3O2/c1-4-7-8-15(9-10(13)16)11(17)12(14,5-2)6-3/h4-9,14H2,1-3H3,(H2,13,16). The fraction of sp³-hybridized carbons (Fsp3) is 0.833. The largest absolute Gasteiger partial charge is 0.368 e. The second-order valence-electron chi connectivity index (χ2n) is 4.41. The summed E-state index contributed by atoms with van der Waals surface area (Å²) in [5.41, 5.74) is 10.3. The van der Waals surface area contributed by atoms with Gasteiger partial charge >= 0.3 is 0 Å². The number of hydrogen-bond acceptors (Lipinski definition) is 3. The molecule has 5 heteroatoms. The maximum absolute atomic E-state index is 12.3. The van der Waals surface area contributed by atoms with Crippen molar-refractivity contribution in [2.45, 2.75) is 52.0 Å². The molecule has 0 heterocycles. The van der Waals surface area contributed by atoms with Gasteiger partial charge in [0.15, 0.2) is 0 Å². The molecule has 0 aliphatic carbocycles. The average molecular weight is 243 g/mol. The minimum atomic E-state index is -0.872. The molecule has 2 amide bonds. The minimum Gasteiger partial charge on any atom is -0.368 e. The van der Waals surface area contributed by atoms with Gasteiger partial charge in [-0.25, -0.2) is 0 Å². The van der Waals surface area contributed by atoms with Crippen LogP contribution in [0.4, 0.5) is 0 Å². The van der Waals surface area contributed by atoms with E-state index < -0.39 is 11.4 Å². The first-order valence-electron chi connectivity index (χ1n) is 6.27. The zero-order chi connectivity index (χ0) is 13.5. The van der Waals surface area contributed by atoms with Crippen LogP contribution in [0.25, 0.3) is 0 Å². The van der Waals surface area contributed by atoms with Crippen LogP contribution in [0, 0.1) is 0 Å². The number of carbonyl (C=O) groups is 2. The minimum absolute atomic E-state index is 0.0439. The van der Waals surface area contributed by atoms with E-state index >= 15 is 0 Å². The Labute approximate surface area is 104 Å². The van der Waals surface area contributed by atoms with E-state index in [9.17, 15) is 9.59 Å². The highest BCUT2D eigenvalue weighted by atomic mass is 16.2. The van der Waals surface area contributed by atoms with Crippen molar-refractivity contribution in [3.05, 3.63) is 0 Å². The number of primary amides is 1. The van der Waals surface area contributed by atoms with Crippen LogP contribution in [0.1, 0.15) is 46.5 Å². The Morgan fingerprint density at radius 1 is 1.18 bits per heavy atom. The summed E-state index contributed by atoms with van der Waals surface area (Å²) < 4.78 is 0. The molecule has 4 N–H and O–H groups in total. The third-order valence-corrected chi connectivity index (χ3v) is 3.10. The highest BCUT2D eigenvalue weighted by molar-refractivity contribution is 5.89. The maximum Gasteiger partial charge on any atom is 0.243 e. The second-order valence-corrected chi connectivity index (χ2v) is 4.41. The van der Waals surface area contributed by atoms with Crippen LogP contribution >= 0.6 is 0 Å². The van der Waals surface area contributed by atoms with Crippen LogP contribution in [-0.4, -0.2) is 35.3 Å². The summed E-state index contributed by atoms with van der Waals surface area (Å²) in [6.07, 6.45) is 2.92. The summed E-state index contributed by atoms with van der Waals surface area (Å²) >= 11 is 0. The summed E-state index contributed by atoms with van der Waals surface area (Å²) in [5, 5.41) is 0. The highest BCUT2D eigenvalue weighted by Crippen LogP contribution is 2.15. The molecule has 0 rings (SSSR count). The van der Waals surface area contributed by atoms with Crippen LogP contribution in [0.5, 0.6) is 0 Å². The molecule has 0 radical (unpaired) electrons. The molecule has 0 fully saturated rings. The Kier molecular flexibility index (Phi) is 6.80. The van der Waals surface area contributed by atoms with Gasteiger partial charge in [0.05, 0.1) is 12.1 Å². The summed E-state index contributed by atoms with van der Waals surface area (Å²) in [6.45, 7) is 6.28. The van der Waals surface area contributed by atoms with E-state index in [-0.39, 0.29) is 12.5 Å². The number of rotatable bonds is 8. The molecule has 100 valence electrons. The summed E-state index contributed by atoms with van der Waals surface area (Å²) in [5.74, 6) is -0.668. The Morgan fingerprint density at radius 3 is 2.06 bits per heavy atom. The summed E-state index contributed by atoms with van der Waals surface area (Å²) in [4.78, 5) is 24.7. The first-order chi connectivity index (χ1) is 7.91. The lowest BCUT2D eigenvalue weighted by atomic mass is 9.92. The average Bonchev–Trinajstić information content (AvgIpc) is 2.32. The van der Waals surface area contributed by atoms with Crippen LogP contribution in [0.15, 0.2) is 0 Å². The predicted molar refractivity (Wildman–Crippen MR) is 68.2 cm³/mol. The Morgan fingerprint density at radius 2 is 1.71 bits per heavy atom. The van der Waals surface area contributed by atoms with Crippen molar-refractivity contribution in [2.24, 2.45) is 11.5 Å². The van der Waals surface area contributed by atoms with Crippen molar-refractivity contribution >= 4 is 11.8 Å². The molecule has 17 heavy (non-hydrogen) atoms. The Bertz CT molecular complexity index is 262. The molecule has 0 aromatic heterocycles. The van der Waals surface area contributed by atoms with E-state index in [4.69, 9.17) is 11.5 Å². The molecule has 0 spiro atoms. The molecule has 0 unspecified atom stereocenters. The van der Waals surface area contributed by atoms with Gasteiger partial charge in [-0.1, -0.05) is 27.2 Å². The fourth-order valence-corrected chi connectivity index (χ4v) is 1.66. The summed E-state index contributed by atoms with van der Waals surface area (Å²) in [7, 11) is 0. The van der Waals surface area contributed by atoms with Gasteiger partial charge in [0.25, 0.3) is 0 Å². The van der Waals surface area contributed by atoms with Crippen LogP contribution in [0.3, 0.4) is 0 Å². The first-order valence-corrected chi connectivity index (χ1v) is 6.27. The molecule has 0 aliphatic heterocycles. The van der Waals surface area contributed by atoms with Crippen LogP contribution in [0.2, 0.25) is 0 Å². The third-order valence-electron chi connectivity index (χ3n) is 3.10. The zero-order valence-corrected chi connectivity index (χ0v) is 11.2. The second kappa shape index (κ2) is 7.27. The third kappa shape index (κ3) is 4.73. The van der Waals surface area contributed by atoms with Gasteiger partial charge < -0.3 is 16.4 Å². The number of unbranched alkanes of at least 4 members (excludes halogenated alkanes) is 1. The van der Waals surface area contributed by atoms with Crippen molar-refractivity contribution in [2.75, 3.05) is 13.1 Å². The highest BCUT2D eigenvalue weighted by Gasteiger charge is 2.34. The molecule has 0 bridgehead atoms. The number of hydrogen-bond donors (Lipinski definition) is 2. The van der Waals surface area contributed by atoms with Crippen molar-refractivity contribution < 1.29 is 9.59 Å². The molecule has 0 saturated heterocycles. The van der Waals surface area contributed by atoms with Gasteiger partial charge in [0, 0.05) is 6.54 Å². The number of amides is 2. The zero-order valence-electron chi connectivity index (χ0n) is 11.2. The molecular weight excluding hydrogens is 218 g/mol. The normalized spacial score (nSPS) is 11.3. The number of nitrogens with zero attached hydrogens (tertiary/aromatic N) is 1. The SMILES string of the molecule is CCCCN(CC(N)=O)C(=O)C(N)(CC)CC. The monoisotopic (exact) mass is 243 g/mol. The molecule has 0 aromatic carbocycles. The number of nitrogens with two attached hydrogens (primary N) is 2. The van der Waals surface area contributed by atoms with Gasteiger partial charge in [0.2, 0.25) is 11.8 Å². The van der Waals surface area contributed by atoms with E-state index in [1.807, 2.05) is 20.8 Å². The molecular formula is C12H25N3O2. The molecule has 0 atom stereocenters. The van der Waals surface area contributed by atoms with Crippen molar-refractivity contribution in [1.29, 1.82) is 0 Å². The van der Waals surface area contributed by atoms with E-state index in [1.54, 1.807) is 0 Å². The van der Waals surface area contributed by atoms with E-state index in [2.05, 4.69) is 0 Å². The Hall–Kier alpha value is -1.10. The van der Waals surface area contributed by atoms with Gasteiger partial charge in [-0.05, 0) is 19.3 Å². The van der Waals surface area contributed by atoms with Crippen LogP contribution in [-0.2, 0) is 9.59 Å². The molecule has 0 aromatic rings. The first kappa shape index (κ1) is 15.9. The van der Waals surface area contributed by atoms with Crippen molar-refractivity contribution in [3.8, 4) is 0 Å². The van der Waals surface area contributed by atoms with Gasteiger partial charge in [0.1, 0.15) is 0 Å². The lowest BCUT2D eigenvalue weighted by molar-refractivity contribution is -0.140. The van der Waals surface area contributed by atoms with Crippen molar-refractivity contribution in [1.82, 2.24) is 4.90 Å². The van der Waals surface area contributed by atoms with E-state index in [1.165, 1.54) is 4.90 Å². The molecule has 5 nitrogen and oxygen atoms in total. The predicted octanol–water partition coefficient (Wildman–Crippen LogP) is 0.618. The van der Waals surface area contributed by atoms with Gasteiger partial charge in [-0.2, -0.15) is 0 Å². The fourth-order valence-electron chi connectivity index (χ4n) is 1.66. The van der Waals surface area contributed by atoms with Gasteiger partial charge in [-0.15, -0.1) is 0 Å². The Balaban J connectivity index is 4.77. The van der Waals surface area contributed by atoms with Crippen molar-refractivity contribution in [3.63, 3.8) is 0 Å². The van der Waals surface area contributed by atoms with Gasteiger partial charge in [-0.3, -0.25) is 9.59 Å². The quantitative estimate of drug-likeness (QED) is 0.655. The lowest BCUT2D eigenvalue weighted by Gasteiger charge is -2.32.